The number of hydrogen-bond donors (Lipinski definition) is 1. The summed E-state index contributed by atoms with van der Waals surface area (Å²) < 4.78 is 31.8. The Morgan fingerprint density at radius 2 is 1.58 bits per heavy atom. The normalized spacial score (nSPS) is 14.7. The molecular formula is C23H24N4O5S. The molecule has 3 aromatic rings. The highest BCUT2D eigenvalue weighted by Gasteiger charge is 2.29. The minimum absolute atomic E-state index is 0.0748. The molecular weight excluding hydrogens is 444 g/mol. The molecule has 1 N–H and O–H groups in total. The topological polar surface area (TPSA) is 113 Å². The number of esters is 1. The summed E-state index contributed by atoms with van der Waals surface area (Å²) in [5, 5.41) is 6.73. The quantitative estimate of drug-likeness (QED) is 0.530. The average molecular weight is 469 g/mol. The van der Waals surface area contributed by atoms with Crippen molar-refractivity contribution in [3.05, 3.63) is 78.0 Å². The minimum atomic E-state index is -3.47. The second-order valence-corrected chi connectivity index (χ2v) is 9.60. The van der Waals surface area contributed by atoms with E-state index in [0.717, 1.165) is 11.1 Å². The fourth-order valence-electron chi connectivity index (χ4n) is 3.57. The Morgan fingerprint density at radius 3 is 2.24 bits per heavy atom. The van der Waals surface area contributed by atoms with Crippen molar-refractivity contribution in [1.29, 1.82) is 0 Å². The van der Waals surface area contributed by atoms with E-state index in [0.29, 0.717) is 5.69 Å². The Kier molecular flexibility index (Phi) is 6.85. The number of carbonyl (C=O) groups excluding carboxylic acids is 2. The molecule has 1 fully saturated rings. The largest absolute Gasteiger partial charge is 0.451 e. The molecule has 1 aliphatic rings. The summed E-state index contributed by atoms with van der Waals surface area (Å²) in [5.41, 5.74) is 2.32. The molecule has 0 spiro atoms. The Bertz CT molecular complexity index is 1200. The molecule has 10 heteroatoms. The van der Waals surface area contributed by atoms with Crippen LogP contribution < -0.4 is 0 Å². The highest BCUT2D eigenvalue weighted by atomic mass is 32.2. The van der Waals surface area contributed by atoms with Gasteiger partial charge in [0.05, 0.1) is 11.4 Å². The van der Waals surface area contributed by atoms with Crippen LogP contribution in [0.2, 0.25) is 0 Å². The molecule has 9 nitrogen and oxygen atoms in total. The number of carbonyl (C=O) groups is 2. The number of ether oxygens (including phenoxy) is 1. The Balaban J connectivity index is 1.26. The molecule has 1 saturated heterocycles. The van der Waals surface area contributed by atoms with Crippen LogP contribution in [0.5, 0.6) is 0 Å². The van der Waals surface area contributed by atoms with E-state index in [4.69, 9.17) is 4.74 Å². The minimum Gasteiger partial charge on any atom is -0.451 e. The Hall–Kier alpha value is -3.50. The van der Waals surface area contributed by atoms with Crippen LogP contribution in [0.15, 0.2) is 66.7 Å². The van der Waals surface area contributed by atoms with E-state index < -0.39 is 22.6 Å². The van der Waals surface area contributed by atoms with Crippen molar-refractivity contribution in [2.75, 3.05) is 32.8 Å². The molecule has 0 atom stereocenters. The first-order valence-corrected chi connectivity index (χ1v) is 12.1. The molecule has 2 aromatic carbocycles. The molecule has 0 radical (unpaired) electrons. The summed E-state index contributed by atoms with van der Waals surface area (Å²) in [6.45, 7) is 0.472. The third-order valence-electron chi connectivity index (χ3n) is 5.37. The molecule has 4 rings (SSSR count). The molecule has 1 aliphatic heterocycles. The van der Waals surface area contributed by atoms with Gasteiger partial charge in [0.25, 0.3) is 5.91 Å². The zero-order chi connectivity index (χ0) is 23.3. The number of nitrogens with one attached hydrogen (secondary N) is 1. The second kappa shape index (κ2) is 9.97. The maximum absolute atomic E-state index is 12.7. The van der Waals surface area contributed by atoms with E-state index in [1.54, 1.807) is 30.3 Å². The summed E-state index contributed by atoms with van der Waals surface area (Å²) >= 11 is 0. The van der Waals surface area contributed by atoms with Gasteiger partial charge < -0.3 is 9.64 Å². The predicted molar refractivity (Wildman–Crippen MR) is 122 cm³/mol. The lowest BCUT2D eigenvalue weighted by Crippen LogP contribution is -2.51. The molecule has 0 bridgehead atoms. The summed E-state index contributed by atoms with van der Waals surface area (Å²) in [4.78, 5) is 26.2. The first kappa shape index (κ1) is 22.7. The molecule has 0 unspecified atom stereocenters. The number of amides is 1. The summed E-state index contributed by atoms with van der Waals surface area (Å²) in [6, 6.07) is 19.9. The van der Waals surface area contributed by atoms with E-state index in [-0.39, 0.29) is 43.5 Å². The van der Waals surface area contributed by atoms with Gasteiger partial charge in [0, 0.05) is 31.7 Å². The van der Waals surface area contributed by atoms with E-state index in [9.17, 15) is 18.0 Å². The predicted octanol–water partition coefficient (Wildman–Crippen LogP) is 1.91. The fraction of sp³-hybridized carbons (Fsp3) is 0.261. The third kappa shape index (κ3) is 5.65. The van der Waals surface area contributed by atoms with Crippen LogP contribution in [0, 0.1) is 0 Å². The SMILES string of the molecule is O=C(OCC(=O)N1CCN(S(=O)(=O)Cc2ccccc2)CC1)c1cc(-c2ccccc2)n[nH]1. The lowest BCUT2D eigenvalue weighted by Gasteiger charge is -2.33. The van der Waals surface area contributed by atoms with Gasteiger partial charge in [-0.2, -0.15) is 9.40 Å². The summed E-state index contributed by atoms with van der Waals surface area (Å²) in [7, 11) is -3.47. The zero-order valence-corrected chi connectivity index (χ0v) is 18.7. The van der Waals surface area contributed by atoms with Gasteiger partial charge in [-0.05, 0) is 11.6 Å². The van der Waals surface area contributed by atoms with Crippen molar-refractivity contribution in [2.45, 2.75) is 5.75 Å². The van der Waals surface area contributed by atoms with Gasteiger partial charge in [0.15, 0.2) is 6.61 Å². The third-order valence-corrected chi connectivity index (χ3v) is 7.22. The number of aromatic amines is 1. The van der Waals surface area contributed by atoms with Crippen molar-refractivity contribution in [3.63, 3.8) is 0 Å². The van der Waals surface area contributed by atoms with Crippen molar-refractivity contribution >= 4 is 21.9 Å². The number of hydrogen-bond acceptors (Lipinski definition) is 6. The smallest absolute Gasteiger partial charge is 0.356 e. The van der Waals surface area contributed by atoms with Gasteiger partial charge in [-0.25, -0.2) is 13.2 Å². The van der Waals surface area contributed by atoms with E-state index in [1.165, 1.54) is 9.21 Å². The van der Waals surface area contributed by atoms with Crippen molar-refractivity contribution in [3.8, 4) is 11.3 Å². The summed E-state index contributed by atoms with van der Waals surface area (Å²) in [5.74, 6) is -1.12. The van der Waals surface area contributed by atoms with Crippen LogP contribution >= 0.6 is 0 Å². The number of piperazine rings is 1. The lowest BCUT2D eigenvalue weighted by atomic mass is 10.1. The molecule has 0 aliphatic carbocycles. The highest BCUT2D eigenvalue weighted by Crippen LogP contribution is 2.17. The maximum atomic E-state index is 12.7. The van der Waals surface area contributed by atoms with Crippen molar-refractivity contribution in [1.82, 2.24) is 19.4 Å². The molecule has 2 heterocycles. The Labute approximate surface area is 192 Å². The van der Waals surface area contributed by atoms with E-state index in [2.05, 4.69) is 10.2 Å². The number of aromatic nitrogens is 2. The number of nitrogens with zero attached hydrogens (tertiary/aromatic N) is 3. The lowest BCUT2D eigenvalue weighted by molar-refractivity contribution is -0.135. The molecule has 1 amide bonds. The van der Waals surface area contributed by atoms with Gasteiger partial charge in [-0.1, -0.05) is 60.7 Å². The van der Waals surface area contributed by atoms with Crippen LogP contribution in [-0.2, 0) is 25.3 Å². The second-order valence-electron chi connectivity index (χ2n) is 7.63. The number of sulfonamides is 1. The first-order valence-electron chi connectivity index (χ1n) is 10.5. The molecule has 172 valence electrons. The fourth-order valence-corrected chi connectivity index (χ4v) is 5.09. The summed E-state index contributed by atoms with van der Waals surface area (Å²) in [6.07, 6.45) is 0. The van der Waals surface area contributed by atoms with Crippen LogP contribution in [0.25, 0.3) is 11.3 Å². The zero-order valence-electron chi connectivity index (χ0n) is 17.9. The van der Waals surface area contributed by atoms with Gasteiger partial charge in [0.1, 0.15) is 5.69 Å². The number of rotatable bonds is 7. The monoisotopic (exact) mass is 468 g/mol. The van der Waals surface area contributed by atoms with Gasteiger partial charge in [-0.3, -0.25) is 9.89 Å². The molecule has 33 heavy (non-hydrogen) atoms. The maximum Gasteiger partial charge on any atom is 0.356 e. The average Bonchev–Trinajstić information content (AvgIpc) is 3.34. The number of H-pyrrole nitrogens is 1. The van der Waals surface area contributed by atoms with Crippen molar-refractivity contribution < 1.29 is 22.7 Å². The first-order chi connectivity index (χ1) is 15.9. The standard InChI is InChI=1S/C23H24N4O5S/c28-22(16-32-23(29)21-15-20(24-25-21)19-9-5-2-6-10-19)26-11-13-27(14-12-26)33(30,31)17-18-7-3-1-4-8-18/h1-10,15H,11-14,16-17H2,(H,24,25). The van der Waals surface area contributed by atoms with Gasteiger partial charge in [-0.15, -0.1) is 0 Å². The van der Waals surface area contributed by atoms with Gasteiger partial charge in [0.2, 0.25) is 10.0 Å². The van der Waals surface area contributed by atoms with Crippen LogP contribution in [0.1, 0.15) is 16.1 Å². The highest BCUT2D eigenvalue weighted by molar-refractivity contribution is 7.88. The van der Waals surface area contributed by atoms with Crippen LogP contribution in [-0.4, -0.2) is 72.5 Å². The van der Waals surface area contributed by atoms with Crippen LogP contribution in [0.3, 0.4) is 0 Å². The molecule has 1 aromatic heterocycles. The molecule has 0 saturated carbocycles. The van der Waals surface area contributed by atoms with E-state index >= 15 is 0 Å². The van der Waals surface area contributed by atoms with E-state index in [1.807, 2.05) is 36.4 Å². The van der Waals surface area contributed by atoms with Gasteiger partial charge >= 0.3 is 5.97 Å². The van der Waals surface area contributed by atoms with Crippen LogP contribution in [0.4, 0.5) is 0 Å². The Morgan fingerprint density at radius 1 is 0.939 bits per heavy atom. The van der Waals surface area contributed by atoms with Crippen molar-refractivity contribution in [2.24, 2.45) is 0 Å². The number of benzene rings is 2.